The number of carbonyl (C=O) groups excluding carboxylic acids is 4. The first-order valence-electron chi connectivity index (χ1n) is 20.6. The van der Waals surface area contributed by atoms with E-state index in [2.05, 4.69) is 55.1 Å². The molecule has 0 bridgehead atoms. The van der Waals surface area contributed by atoms with Gasteiger partial charge in [-0.3, -0.25) is 29.2 Å². The lowest BCUT2D eigenvalue weighted by molar-refractivity contribution is -0.137. The Morgan fingerprint density at radius 2 is 1.71 bits per heavy atom. The summed E-state index contributed by atoms with van der Waals surface area (Å²) >= 11 is 0. The Morgan fingerprint density at radius 3 is 2.49 bits per heavy atom. The average molecular weight is 798 g/mol. The second kappa shape index (κ2) is 14.5. The number of fused-ring (bicyclic) bond motifs is 4. The quantitative estimate of drug-likeness (QED) is 0.228. The molecule has 15 heteroatoms. The minimum atomic E-state index is -0.687. The molecule has 4 amide bonds. The van der Waals surface area contributed by atoms with Gasteiger partial charge in [-0.1, -0.05) is 6.07 Å². The van der Waals surface area contributed by atoms with Crippen LogP contribution in [0.5, 0.6) is 11.5 Å². The van der Waals surface area contributed by atoms with Crippen molar-refractivity contribution in [3.63, 3.8) is 0 Å². The number of nitrogens with zero attached hydrogens (tertiary/aromatic N) is 8. The number of rotatable bonds is 7. The van der Waals surface area contributed by atoms with Gasteiger partial charge in [-0.15, -0.1) is 0 Å². The molecule has 1 unspecified atom stereocenters. The standard InChI is InChI=1S/C44H47N9O6/c1-26(54)49-17-12-35-33(24-49)42(51-14-4-5-28-19-27(6-7-34(28)51)32-22-39-45-13-18-50(39)25-38(32)59-3)47-53(35)30-10-15-48(16-11-30)31-20-29-23-52(36-8-9-40(55)46-43(36)56)44(57)41(29)37(21-31)58-2/h6-7,13,18-22,25,30,36H,4-5,8-12,14-17,23-24H2,1-3H3,(H,46,55,56). The fraction of sp³-hybridized carbons (Fsp3) is 0.409. The molecule has 5 aliphatic heterocycles. The van der Waals surface area contributed by atoms with Gasteiger partial charge in [-0.05, 0) is 73.1 Å². The second-order valence-electron chi connectivity index (χ2n) is 16.2. The molecular weight excluding hydrogens is 751 g/mol. The van der Waals surface area contributed by atoms with Crippen molar-refractivity contribution in [2.45, 2.75) is 77.0 Å². The third-order valence-electron chi connectivity index (χ3n) is 13.0. The van der Waals surface area contributed by atoms with Crippen molar-refractivity contribution >= 4 is 46.5 Å². The van der Waals surface area contributed by atoms with E-state index in [0.29, 0.717) is 30.8 Å². The van der Waals surface area contributed by atoms with Crippen LogP contribution >= 0.6 is 0 Å². The van der Waals surface area contributed by atoms with Crippen LogP contribution in [0.4, 0.5) is 17.2 Å². The molecule has 5 aliphatic rings. The molecular formula is C44H47N9O6. The van der Waals surface area contributed by atoms with E-state index in [1.807, 2.05) is 27.8 Å². The van der Waals surface area contributed by atoms with E-state index in [1.165, 1.54) is 11.3 Å². The molecule has 3 aromatic heterocycles. The SMILES string of the molecule is COc1cn2ccnc2cc1-c1ccc2c(c1)CCCN2c1nn(C2CCN(c3cc4c(c(OC)c3)C(=O)N(C3CCC(=O)NC3=O)C4)CC2)c2c1CN(C(C)=O)CC2. The molecule has 8 heterocycles. The number of ether oxygens (including phenoxy) is 2. The highest BCUT2D eigenvalue weighted by atomic mass is 16.5. The van der Waals surface area contributed by atoms with Crippen molar-refractivity contribution < 1.29 is 28.7 Å². The highest BCUT2D eigenvalue weighted by Gasteiger charge is 2.41. The summed E-state index contributed by atoms with van der Waals surface area (Å²) in [4.78, 5) is 63.5. The number of amides is 4. The predicted molar refractivity (Wildman–Crippen MR) is 219 cm³/mol. The monoisotopic (exact) mass is 797 g/mol. The van der Waals surface area contributed by atoms with Crippen LogP contribution in [0, 0.1) is 0 Å². The van der Waals surface area contributed by atoms with Crippen molar-refractivity contribution in [2.24, 2.45) is 0 Å². The maximum Gasteiger partial charge on any atom is 0.258 e. The van der Waals surface area contributed by atoms with E-state index in [9.17, 15) is 19.2 Å². The predicted octanol–water partition coefficient (Wildman–Crippen LogP) is 4.81. The Kier molecular flexibility index (Phi) is 9.05. The number of methoxy groups -OCH3 is 2. The van der Waals surface area contributed by atoms with Crippen LogP contribution < -0.4 is 24.6 Å². The summed E-state index contributed by atoms with van der Waals surface area (Å²) in [5.74, 6) is 1.30. The Bertz CT molecular complexity index is 2550. The van der Waals surface area contributed by atoms with E-state index in [4.69, 9.17) is 14.6 Å². The molecule has 304 valence electrons. The van der Waals surface area contributed by atoms with Crippen molar-refractivity contribution in [3.05, 3.63) is 82.9 Å². The van der Waals surface area contributed by atoms with Gasteiger partial charge in [-0.2, -0.15) is 5.10 Å². The van der Waals surface area contributed by atoms with Crippen LogP contribution in [0.25, 0.3) is 16.8 Å². The molecule has 2 fully saturated rings. The molecule has 5 aromatic rings. The van der Waals surface area contributed by atoms with Crippen molar-refractivity contribution in [1.82, 2.24) is 34.3 Å². The Labute approximate surface area is 341 Å². The number of anilines is 3. The summed E-state index contributed by atoms with van der Waals surface area (Å²) in [7, 11) is 3.26. The fourth-order valence-corrected chi connectivity index (χ4v) is 9.90. The zero-order valence-corrected chi connectivity index (χ0v) is 33.6. The second-order valence-corrected chi connectivity index (χ2v) is 16.2. The summed E-state index contributed by atoms with van der Waals surface area (Å²) in [5.41, 5.74) is 9.95. The lowest BCUT2D eigenvalue weighted by atomic mass is 9.95. The summed E-state index contributed by atoms with van der Waals surface area (Å²) in [6, 6.07) is 12.2. The van der Waals surface area contributed by atoms with E-state index < -0.39 is 11.9 Å². The highest BCUT2D eigenvalue weighted by molar-refractivity contribution is 6.07. The van der Waals surface area contributed by atoms with Gasteiger partial charge < -0.3 is 33.5 Å². The number of imide groups is 1. The molecule has 1 atom stereocenters. The van der Waals surface area contributed by atoms with Gasteiger partial charge in [0.15, 0.2) is 5.82 Å². The number of imidazole rings is 1. The number of carbonyl (C=O) groups is 4. The van der Waals surface area contributed by atoms with Crippen molar-refractivity contribution in [2.75, 3.05) is 50.2 Å². The molecule has 2 aromatic carbocycles. The zero-order valence-electron chi connectivity index (χ0n) is 33.6. The maximum atomic E-state index is 13.6. The Balaban J connectivity index is 0.920. The van der Waals surface area contributed by atoms with E-state index in [1.54, 1.807) is 32.2 Å². The number of pyridine rings is 1. The van der Waals surface area contributed by atoms with Crippen LogP contribution in [0.1, 0.15) is 77.8 Å². The molecule has 2 saturated heterocycles. The number of piperidine rings is 2. The molecule has 59 heavy (non-hydrogen) atoms. The van der Waals surface area contributed by atoms with Crippen LogP contribution in [0.15, 0.2) is 55.0 Å². The minimum Gasteiger partial charge on any atom is -0.496 e. The third kappa shape index (κ3) is 6.25. The van der Waals surface area contributed by atoms with Crippen LogP contribution in [0.3, 0.4) is 0 Å². The van der Waals surface area contributed by atoms with Gasteiger partial charge >= 0.3 is 0 Å². The van der Waals surface area contributed by atoms with Crippen LogP contribution in [-0.4, -0.2) is 99.0 Å². The van der Waals surface area contributed by atoms with Crippen molar-refractivity contribution in [3.8, 4) is 22.6 Å². The van der Waals surface area contributed by atoms with Gasteiger partial charge in [0.2, 0.25) is 17.7 Å². The van der Waals surface area contributed by atoms with Crippen LogP contribution in [-0.2, 0) is 40.3 Å². The van der Waals surface area contributed by atoms with E-state index in [-0.39, 0.29) is 36.7 Å². The largest absolute Gasteiger partial charge is 0.496 e. The maximum absolute atomic E-state index is 13.6. The fourth-order valence-electron chi connectivity index (χ4n) is 9.90. The number of nitrogens with one attached hydrogen (secondary N) is 1. The van der Waals surface area contributed by atoms with E-state index in [0.717, 1.165) is 103 Å². The van der Waals surface area contributed by atoms with Gasteiger partial charge in [-0.25, -0.2) is 4.98 Å². The highest BCUT2D eigenvalue weighted by Crippen LogP contribution is 2.43. The molecule has 1 N–H and O–H groups in total. The molecule has 0 radical (unpaired) electrons. The Hall–Kier alpha value is -6.38. The molecule has 10 rings (SSSR count). The Morgan fingerprint density at radius 1 is 0.881 bits per heavy atom. The number of benzene rings is 2. The number of aryl methyl sites for hydroxylation is 1. The minimum absolute atomic E-state index is 0.0708. The van der Waals surface area contributed by atoms with Gasteiger partial charge in [0.1, 0.15) is 23.2 Å². The third-order valence-corrected chi connectivity index (χ3v) is 13.0. The summed E-state index contributed by atoms with van der Waals surface area (Å²) in [6.45, 7) is 5.53. The molecule has 0 aliphatic carbocycles. The van der Waals surface area contributed by atoms with Gasteiger partial charge in [0.05, 0.1) is 38.6 Å². The topological polar surface area (TPSA) is 147 Å². The lowest BCUT2D eigenvalue weighted by Crippen LogP contribution is -2.52. The summed E-state index contributed by atoms with van der Waals surface area (Å²) in [6.07, 6.45) is 10.6. The summed E-state index contributed by atoms with van der Waals surface area (Å²) < 4.78 is 15.8. The number of hydrogen-bond donors (Lipinski definition) is 1. The van der Waals surface area contributed by atoms with E-state index >= 15 is 0 Å². The smallest absolute Gasteiger partial charge is 0.258 e. The van der Waals surface area contributed by atoms with Crippen LogP contribution in [0.2, 0.25) is 0 Å². The molecule has 15 nitrogen and oxygen atoms in total. The normalized spacial score (nSPS) is 19.5. The zero-order chi connectivity index (χ0) is 40.5. The molecule has 0 spiro atoms. The lowest BCUT2D eigenvalue weighted by Gasteiger charge is -2.35. The molecule has 0 saturated carbocycles. The first kappa shape index (κ1) is 36.9. The average Bonchev–Trinajstić information content (AvgIpc) is 3.97. The summed E-state index contributed by atoms with van der Waals surface area (Å²) in [5, 5.41) is 7.83. The first-order chi connectivity index (χ1) is 28.7. The van der Waals surface area contributed by atoms with Gasteiger partial charge in [0, 0.05) is 99.1 Å². The van der Waals surface area contributed by atoms with Gasteiger partial charge in [0.25, 0.3) is 5.91 Å². The van der Waals surface area contributed by atoms with Crippen molar-refractivity contribution in [1.29, 1.82) is 0 Å². The first-order valence-corrected chi connectivity index (χ1v) is 20.6. The number of hydrogen-bond acceptors (Lipinski definition) is 10. The number of aromatic nitrogens is 4.